The molecule has 0 radical (unpaired) electrons. The minimum atomic E-state index is 0.640. The highest BCUT2D eigenvalue weighted by atomic mass is 15.0. The topological polar surface area (TPSA) is 43.6 Å². The molecule has 51 heavy (non-hydrogen) atoms. The molecule has 4 nitrogen and oxygen atoms in total. The van der Waals surface area contributed by atoms with Crippen LogP contribution in [0.4, 0.5) is 0 Å². The van der Waals surface area contributed by atoms with Crippen LogP contribution in [0.25, 0.3) is 105 Å². The van der Waals surface area contributed by atoms with Crippen LogP contribution >= 0.6 is 0 Å². The van der Waals surface area contributed by atoms with Gasteiger partial charge in [-0.05, 0) is 80.2 Å². The molecule has 0 saturated carbocycles. The van der Waals surface area contributed by atoms with Crippen molar-refractivity contribution < 1.29 is 0 Å². The van der Waals surface area contributed by atoms with Crippen molar-refractivity contribution in [2.75, 3.05) is 0 Å². The molecule has 236 valence electrons. The van der Waals surface area contributed by atoms with E-state index in [1.165, 1.54) is 65.6 Å². The Labute approximate surface area is 294 Å². The third-order valence-corrected chi connectivity index (χ3v) is 10.3. The summed E-state index contributed by atoms with van der Waals surface area (Å²) >= 11 is 0. The van der Waals surface area contributed by atoms with Gasteiger partial charge in [0, 0.05) is 33.2 Å². The van der Waals surface area contributed by atoms with Crippen molar-refractivity contribution in [2.24, 2.45) is 0 Å². The summed E-state index contributed by atoms with van der Waals surface area (Å²) in [4.78, 5) is 15.0. The Bertz CT molecular complexity index is 2960. The molecule has 0 aliphatic heterocycles. The van der Waals surface area contributed by atoms with Crippen molar-refractivity contribution in [3.8, 4) is 62.1 Å². The second kappa shape index (κ2) is 10.8. The third kappa shape index (κ3) is 4.23. The lowest BCUT2D eigenvalue weighted by Gasteiger charge is -2.15. The van der Waals surface area contributed by atoms with Gasteiger partial charge in [-0.1, -0.05) is 133 Å². The summed E-state index contributed by atoms with van der Waals surface area (Å²) in [5, 5.41) is 7.62. The van der Waals surface area contributed by atoms with Gasteiger partial charge in [-0.25, -0.2) is 15.0 Å². The normalized spacial score (nSPS) is 11.9. The Morgan fingerprint density at radius 3 is 1.49 bits per heavy atom. The molecule has 0 fully saturated rings. The lowest BCUT2D eigenvalue weighted by atomic mass is 9.91. The van der Waals surface area contributed by atoms with Crippen molar-refractivity contribution in [2.45, 2.75) is 0 Å². The quantitative estimate of drug-likeness (QED) is 0.191. The SMILES string of the molecule is c1ccc(-c2nc(-c3ccccc3)nc(-c3cccc(-n4c5cccc6c5c5c7c(cccc7ccc54)-c4cc5ccccc5cc4-6)c3)n2)cc1. The Kier molecular flexibility index (Phi) is 5.92. The first-order valence-corrected chi connectivity index (χ1v) is 17.3. The number of rotatable bonds is 4. The van der Waals surface area contributed by atoms with Crippen LogP contribution in [0.15, 0.2) is 170 Å². The Balaban J connectivity index is 1.18. The van der Waals surface area contributed by atoms with E-state index in [1.54, 1.807) is 0 Å². The zero-order valence-corrected chi connectivity index (χ0v) is 27.5. The first kappa shape index (κ1) is 28.0. The van der Waals surface area contributed by atoms with Gasteiger partial charge < -0.3 is 4.57 Å². The van der Waals surface area contributed by atoms with Gasteiger partial charge in [-0.3, -0.25) is 0 Å². The maximum Gasteiger partial charge on any atom is 0.164 e. The monoisotopic (exact) mass is 648 g/mol. The van der Waals surface area contributed by atoms with Crippen molar-refractivity contribution in [1.29, 1.82) is 0 Å². The summed E-state index contributed by atoms with van der Waals surface area (Å²) in [6.45, 7) is 0. The molecule has 0 atom stereocenters. The molecule has 4 heteroatoms. The van der Waals surface area contributed by atoms with Gasteiger partial charge in [0.1, 0.15) is 0 Å². The molecule has 2 aromatic heterocycles. The van der Waals surface area contributed by atoms with Crippen LogP contribution in [-0.2, 0) is 0 Å². The molecule has 10 aromatic rings. The molecular formula is C47H28N4. The summed E-state index contributed by atoms with van der Waals surface area (Å²) in [5.74, 6) is 1.94. The van der Waals surface area contributed by atoms with Crippen molar-refractivity contribution in [1.82, 2.24) is 19.5 Å². The molecule has 0 amide bonds. The van der Waals surface area contributed by atoms with E-state index in [0.29, 0.717) is 17.5 Å². The van der Waals surface area contributed by atoms with E-state index in [4.69, 9.17) is 15.0 Å². The molecule has 0 bridgehead atoms. The molecule has 2 heterocycles. The molecule has 0 N–H and O–H groups in total. The van der Waals surface area contributed by atoms with Gasteiger partial charge >= 0.3 is 0 Å². The minimum absolute atomic E-state index is 0.640. The van der Waals surface area contributed by atoms with Crippen LogP contribution in [-0.4, -0.2) is 19.5 Å². The van der Waals surface area contributed by atoms with Gasteiger partial charge in [-0.2, -0.15) is 0 Å². The zero-order valence-electron chi connectivity index (χ0n) is 27.5. The largest absolute Gasteiger partial charge is 0.309 e. The standard InChI is InChI=1S/C47H28N4/c1-3-12-30(13-4-1)45-48-46(31-14-5-2-6-15-31)50-47(49-45)34-19-9-20-35(26-34)51-40-23-11-22-37-39-28-33-17-8-7-16-32(33)27-38(39)36-21-10-18-29-24-25-41(51)44(42(29)36)43(37)40/h1-28H. The smallest absolute Gasteiger partial charge is 0.164 e. The predicted molar refractivity (Wildman–Crippen MR) is 210 cm³/mol. The van der Waals surface area contributed by atoms with Crippen LogP contribution < -0.4 is 0 Å². The number of hydrogen-bond acceptors (Lipinski definition) is 3. The Hall–Kier alpha value is -6.91. The average molecular weight is 649 g/mol. The zero-order chi connectivity index (χ0) is 33.5. The number of nitrogens with zero attached hydrogens (tertiary/aromatic N) is 4. The maximum atomic E-state index is 5.04. The highest BCUT2D eigenvalue weighted by Crippen LogP contribution is 2.50. The van der Waals surface area contributed by atoms with Crippen LogP contribution in [0, 0.1) is 0 Å². The molecule has 1 aliphatic rings. The fraction of sp³-hybridized carbons (Fsp3) is 0. The lowest BCUT2D eigenvalue weighted by molar-refractivity contribution is 1.07. The minimum Gasteiger partial charge on any atom is -0.309 e. The van der Waals surface area contributed by atoms with E-state index in [1.807, 2.05) is 60.7 Å². The second-order valence-corrected chi connectivity index (χ2v) is 13.2. The average Bonchev–Trinajstić information content (AvgIpc) is 3.49. The summed E-state index contributed by atoms with van der Waals surface area (Å²) < 4.78 is 2.41. The van der Waals surface area contributed by atoms with E-state index < -0.39 is 0 Å². The molecule has 11 rings (SSSR count). The van der Waals surface area contributed by atoms with Gasteiger partial charge in [-0.15, -0.1) is 0 Å². The molecule has 0 saturated heterocycles. The van der Waals surface area contributed by atoms with Crippen molar-refractivity contribution >= 4 is 43.4 Å². The Morgan fingerprint density at radius 2 is 0.824 bits per heavy atom. The maximum absolute atomic E-state index is 5.04. The molecule has 1 aliphatic carbocycles. The first-order valence-electron chi connectivity index (χ1n) is 17.3. The third-order valence-electron chi connectivity index (χ3n) is 10.3. The Morgan fingerprint density at radius 1 is 0.314 bits per heavy atom. The van der Waals surface area contributed by atoms with Gasteiger partial charge in [0.05, 0.1) is 11.0 Å². The molecule has 8 aromatic carbocycles. The van der Waals surface area contributed by atoms with Crippen LogP contribution in [0.2, 0.25) is 0 Å². The lowest BCUT2D eigenvalue weighted by Crippen LogP contribution is -2.01. The number of benzene rings is 8. The highest BCUT2D eigenvalue weighted by molar-refractivity contribution is 6.30. The van der Waals surface area contributed by atoms with Gasteiger partial charge in [0.2, 0.25) is 0 Å². The highest BCUT2D eigenvalue weighted by Gasteiger charge is 2.25. The summed E-state index contributed by atoms with van der Waals surface area (Å²) in [5.41, 5.74) is 11.3. The number of hydrogen-bond donors (Lipinski definition) is 0. The van der Waals surface area contributed by atoms with Crippen LogP contribution in [0.5, 0.6) is 0 Å². The van der Waals surface area contributed by atoms with Crippen LogP contribution in [0.1, 0.15) is 0 Å². The number of aromatic nitrogens is 4. The predicted octanol–water partition coefficient (Wildman–Crippen LogP) is 11.9. The van der Waals surface area contributed by atoms with Crippen molar-refractivity contribution in [3.05, 3.63) is 170 Å². The van der Waals surface area contributed by atoms with E-state index in [-0.39, 0.29) is 0 Å². The number of fused-ring (bicyclic) bond motifs is 4. The van der Waals surface area contributed by atoms with Crippen LogP contribution in [0.3, 0.4) is 0 Å². The van der Waals surface area contributed by atoms with E-state index >= 15 is 0 Å². The van der Waals surface area contributed by atoms with E-state index in [2.05, 4.69) is 114 Å². The fourth-order valence-electron chi connectivity index (χ4n) is 8.06. The van der Waals surface area contributed by atoms with Gasteiger partial charge in [0.15, 0.2) is 17.5 Å². The van der Waals surface area contributed by atoms with Crippen molar-refractivity contribution in [3.63, 3.8) is 0 Å². The van der Waals surface area contributed by atoms with E-state index in [0.717, 1.165) is 22.4 Å². The fourth-order valence-corrected chi connectivity index (χ4v) is 8.06. The van der Waals surface area contributed by atoms with E-state index in [9.17, 15) is 0 Å². The van der Waals surface area contributed by atoms with Gasteiger partial charge in [0.25, 0.3) is 0 Å². The summed E-state index contributed by atoms with van der Waals surface area (Å²) in [6, 6.07) is 60.4. The summed E-state index contributed by atoms with van der Waals surface area (Å²) in [7, 11) is 0. The molecular weight excluding hydrogens is 621 g/mol. The first-order chi connectivity index (χ1) is 25.3. The molecule has 0 unspecified atom stereocenters. The summed E-state index contributed by atoms with van der Waals surface area (Å²) in [6.07, 6.45) is 0. The molecule has 0 spiro atoms. The second-order valence-electron chi connectivity index (χ2n) is 13.2.